The van der Waals surface area contributed by atoms with Crippen LogP contribution < -0.4 is 0 Å². The van der Waals surface area contributed by atoms with Gasteiger partial charge in [0.1, 0.15) is 11.3 Å². The first-order valence-electron chi connectivity index (χ1n) is 8.83. The minimum Gasteiger partial charge on any atom is -0.382 e. The van der Waals surface area contributed by atoms with E-state index in [0.29, 0.717) is 30.6 Å². The first-order chi connectivity index (χ1) is 12.5. The molecule has 0 saturated carbocycles. The van der Waals surface area contributed by atoms with Crippen LogP contribution in [0.2, 0.25) is 0 Å². The summed E-state index contributed by atoms with van der Waals surface area (Å²) in [6.07, 6.45) is 4.65. The summed E-state index contributed by atoms with van der Waals surface area (Å²) in [5.41, 5.74) is 1.58. The Bertz CT molecular complexity index is 946. The molecule has 0 spiro atoms. The van der Waals surface area contributed by atoms with Crippen LogP contribution in [0.3, 0.4) is 0 Å². The molecule has 0 unspecified atom stereocenters. The van der Waals surface area contributed by atoms with Gasteiger partial charge in [-0.25, -0.2) is 9.67 Å². The number of hydrogen-bond acceptors (Lipinski definition) is 5. The number of β-amino-alcohol motifs (C(OH)–C–C–N with tert-alkyl or cyclic N) is 1. The summed E-state index contributed by atoms with van der Waals surface area (Å²) in [6.45, 7) is 4.83. The fourth-order valence-corrected chi connectivity index (χ4v) is 3.41. The van der Waals surface area contributed by atoms with E-state index in [1.807, 2.05) is 19.9 Å². The van der Waals surface area contributed by atoms with Crippen molar-refractivity contribution in [2.24, 2.45) is 0 Å². The van der Waals surface area contributed by atoms with E-state index < -0.39 is 5.60 Å². The van der Waals surface area contributed by atoms with Crippen molar-refractivity contribution in [3.05, 3.63) is 42.0 Å². The van der Waals surface area contributed by atoms with Crippen molar-refractivity contribution in [2.45, 2.75) is 38.3 Å². The van der Waals surface area contributed by atoms with Crippen LogP contribution in [0.15, 0.2) is 30.7 Å². The van der Waals surface area contributed by atoms with E-state index in [1.165, 1.54) is 0 Å². The number of rotatable bonds is 3. The van der Waals surface area contributed by atoms with Gasteiger partial charge in [0.2, 0.25) is 0 Å². The van der Waals surface area contributed by atoms with Crippen LogP contribution in [-0.2, 0) is 5.60 Å². The maximum absolute atomic E-state index is 12.9. The van der Waals surface area contributed by atoms with Crippen molar-refractivity contribution in [3.8, 4) is 0 Å². The highest BCUT2D eigenvalue weighted by Gasteiger charge is 2.39. The van der Waals surface area contributed by atoms with Gasteiger partial charge in [0.15, 0.2) is 0 Å². The predicted molar refractivity (Wildman–Crippen MR) is 95.5 cm³/mol. The van der Waals surface area contributed by atoms with Gasteiger partial charge >= 0.3 is 0 Å². The maximum atomic E-state index is 12.9. The van der Waals surface area contributed by atoms with E-state index in [2.05, 4.69) is 20.3 Å². The number of fused-ring (bicyclic) bond motifs is 1. The van der Waals surface area contributed by atoms with Gasteiger partial charge in [0.25, 0.3) is 5.91 Å². The highest BCUT2D eigenvalue weighted by Crippen LogP contribution is 2.31. The lowest BCUT2D eigenvalue weighted by Crippen LogP contribution is -2.48. The van der Waals surface area contributed by atoms with Gasteiger partial charge < -0.3 is 15.0 Å². The van der Waals surface area contributed by atoms with Gasteiger partial charge in [-0.3, -0.25) is 4.79 Å². The standard InChI is InChI=1S/C18H22N6O2/c1-12(2)24-9-16(21-22-24)18(26)6-3-7-23(10-18)17(25)13-4-5-14-15(8-13)20-11-19-14/h4-5,8-9,11-12,26H,3,6-7,10H2,1-2H3,(H,19,20)/t18-/m0/s1. The van der Waals surface area contributed by atoms with Gasteiger partial charge in [-0.05, 0) is 44.9 Å². The third kappa shape index (κ3) is 2.86. The molecule has 1 aliphatic heterocycles. The molecule has 1 aliphatic rings. The van der Waals surface area contributed by atoms with Crippen LogP contribution in [0.5, 0.6) is 0 Å². The van der Waals surface area contributed by atoms with Crippen LogP contribution in [-0.4, -0.2) is 54.0 Å². The molecule has 4 rings (SSSR count). The Hall–Kier alpha value is -2.74. The number of piperidine rings is 1. The first-order valence-corrected chi connectivity index (χ1v) is 8.83. The Balaban J connectivity index is 1.57. The number of aromatic nitrogens is 5. The molecule has 2 N–H and O–H groups in total. The number of carbonyl (C=O) groups excluding carboxylic acids is 1. The molecule has 26 heavy (non-hydrogen) atoms. The van der Waals surface area contributed by atoms with Crippen LogP contribution >= 0.6 is 0 Å². The summed E-state index contributed by atoms with van der Waals surface area (Å²) in [5.74, 6) is -0.101. The van der Waals surface area contributed by atoms with Crippen LogP contribution in [0, 0.1) is 0 Å². The van der Waals surface area contributed by atoms with Crippen molar-refractivity contribution in [3.63, 3.8) is 0 Å². The third-order valence-corrected chi connectivity index (χ3v) is 4.94. The van der Waals surface area contributed by atoms with E-state index in [0.717, 1.165) is 11.0 Å². The number of likely N-dealkylation sites (tertiary alicyclic amines) is 1. The quantitative estimate of drug-likeness (QED) is 0.748. The highest BCUT2D eigenvalue weighted by molar-refractivity contribution is 5.97. The number of benzene rings is 1. The predicted octanol–water partition coefficient (Wildman–Crippen LogP) is 1.86. The van der Waals surface area contributed by atoms with E-state index in [-0.39, 0.29) is 18.5 Å². The minimum atomic E-state index is -1.17. The zero-order valence-corrected chi connectivity index (χ0v) is 14.9. The summed E-state index contributed by atoms with van der Waals surface area (Å²) in [5, 5.41) is 19.3. The summed E-state index contributed by atoms with van der Waals surface area (Å²) >= 11 is 0. The van der Waals surface area contributed by atoms with E-state index in [9.17, 15) is 9.90 Å². The molecule has 136 valence electrons. The van der Waals surface area contributed by atoms with Crippen molar-refractivity contribution in [1.82, 2.24) is 29.9 Å². The Kier molecular flexibility index (Phi) is 3.99. The van der Waals surface area contributed by atoms with E-state index in [1.54, 1.807) is 34.2 Å². The second-order valence-electron chi connectivity index (χ2n) is 7.17. The number of carbonyl (C=O) groups is 1. The largest absolute Gasteiger partial charge is 0.382 e. The molecule has 3 heterocycles. The third-order valence-electron chi connectivity index (χ3n) is 4.94. The van der Waals surface area contributed by atoms with Gasteiger partial charge in [0.05, 0.1) is 30.1 Å². The lowest BCUT2D eigenvalue weighted by Gasteiger charge is -2.38. The molecule has 1 amide bonds. The lowest BCUT2D eigenvalue weighted by molar-refractivity contribution is -0.0320. The van der Waals surface area contributed by atoms with Crippen LogP contribution in [0.25, 0.3) is 11.0 Å². The number of aliphatic hydroxyl groups is 1. The zero-order valence-electron chi connectivity index (χ0n) is 14.9. The topological polar surface area (TPSA) is 99.9 Å². The van der Waals surface area contributed by atoms with Gasteiger partial charge in [-0.1, -0.05) is 5.21 Å². The Morgan fingerprint density at radius 2 is 2.23 bits per heavy atom. The number of imidazole rings is 1. The molecule has 1 atom stereocenters. The Morgan fingerprint density at radius 1 is 1.38 bits per heavy atom. The molecule has 1 saturated heterocycles. The summed E-state index contributed by atoms with van der Waals surface area (Å²) in [7, 11) is 0. The Labute approximate surface area is 150 Å². The van der Waals surface area contributed by atoms with Crippen LogP contribution in [0.4, 0.5) is 0 Å². The number of hydrogen-bond donors (Lipinski definition) is 2. The van der Waals surface area contributed by atoms with E-state index in [4.69, 9.17) is 0 Å². The molecule has 8 heteroatoms. The van der Waals surface area contributed by atoms with Gasteiger partial charge in [-0.2, -0.15) is 0 Å². The smallest absolute Gasteiger partial charge is 0.254 e. The maximum Gasteiger partial charge on any atom is 0.254 e. The van der Waals surface area contributed by atoms with Crippen LogP contribution in [0.1, 0.15) is 48.8 Å². The second-order valence-corrected chi connectivity index (χ2v) is 7.17. The number of aromatic amines is 1. The average Bonchev–Trinajstić information content (AvgIpc) is 3.30. The fraction of sp³-hybridized carbons (Fsp3) is 0.444. The van der Waals surface area contributed by atoms with Crippen molar-refractivity contribution in [1.29, 1.82) is 0 Å². The average molecular weight is 354 g/mol. The van der Waals surface area contributed by atoms with Gasteiger partial charge in [0, 0.05) is 18.2 Å². The normalized spacial score (nSPS) is 20.8. The molecule has 1 aromatic carbocycles. The summed E-state index contributed by atoms with van der Waals surface area (Å²) < 4.78 is 1.72. The second kappa shape index (κ2) is 6.21. The number of nitrogens with zero attached hydrogens (tertiary/aromatic N) is 5. The van der Waals surface area contributed by atoms with E-state index >= 15 is 0 Å². The number of amides is 1. The summed E-state index contributed by atoms with van der Waals surface area (Å²) in [6, 6.07) is 5.56. The molecular formula is C18H22N6O2. The summed E-state index contributed by atoms with van der Waals surface area (Å²) in [4.78, 5) is 21.8. The minimum absolute atomic E-state index is 0.101. The number of H-pyrrole nitrogens is 1. The molecule has 0 bridgehead atoms. The fourth-order valence-electron chi connectivity index (χ4n) is 3.41. The first kappa shape index (κ1) is 16.7. The SMILES string of the molecule is CC(C)n1cc([C@]2(O)CCCN(C(=O)c3ccc4nc[nH]c4c3)C2)nn1. The van der Waals surface area contributed by atoms with Crippen molar-refractivity contribution in [2.75, 3.05) is 13.1 Å². The highest BCUT2D eigenvalue weighted by atomic mass is 16.3. The molecular weight excluding hydrogens is 332 g/mol. The van der Waals surface area contributed by atoms with Crippen molar-refractivity contribution >= 4 is 16.9 Å². The lowest BCUT2D eigenvalue weighted by atomic mass is 9.89. The molecule has 0 aliphatic carbocycles. The molecule has 1 fully saturated rings. The van der Waals surface area contributed by atoms with Crippen molar-refractivity contribution < 1.29 is 9.90 Å². The molecule has 3 aromatic rings. The number of nitrogens with one attached hydrogen (secondary N) is 1. The monoisotopic (exact) mass is 354 g/mol. The Morgan fingerprint density at radius 3 is 3.00 bits per heavy atom. The molecule has 8 nitrogen and oxygen atoms in total. The van der Waals surface area contributed by atoms with Gasteiger partial charge in [-0.15, -0.1) is 5.10 Å². The zero-order chi connectivity index (χ0) is 18.3. The molecule has 0 radical (unpaired) electrons. The molecule has 2 aromatic heterocycles.